The number of halogens is 2. The van der Waals surface area contributed by atoms with Crippen LogP contribution in [0.3, 0.4) is 0 Å². The molecule has 1 aliphatic heterocycles. The lowest BCUT2D eigenvalue weighted by Crippen LogP contribution is -2.45. The third-order valence-corrected chi connectivity index (χ3v) is 5.17. The van der Waals surface area contributed by atoms with Crippen molar-refractivity contribution in [1.82, 2.24) is 4.31 Å². The Labute approximate surface area is 111 Å². The number of hydrogen-bond donors (Lipinski definition) is 1. The van der Waals surface area contributed by atoms with Crippen molar-refractivity contribution in [2.75, 3.05) is 6.54 Å². The highest BCUT2D eigenvalue weighted by Gasteiger charge is 2.30. The quantitative estimate of drug-likeness (QED) is 0.903. The number of hydrogen-bond acceptors (Lipinski definition) is 3. The maximum Gasteiger partial charge on any atom is 0.244 e. The van der Waals surface area contributed by atoms with Gasteiger partial charge in [0.25, 0.3) is 0 Å². The monoisotopic (exact) mass is 290 g/mol. The zero-order valence-corrected chi connectivity index (χ0v) is 11.2. The summed E-state index contributed by atoms with van der Waals surface area (Å²) in [5.41, 5.74) is 5.85. The summed E-state index contributed by atoms with van der Waals surface area (Å²) < 4.78 is 51.9. The lowest BCUT2D eigenvalue weighted by Gasteiger charge is -2.26. The van der Waals surface area contributed by atoms with E-state index >= 15 is 0 Å². The molecular weight excluding hydrogens is 274 g/mol. The predicted molar refractivity (Wildman–Crippen MR) is 66.7 cm³/mol. The molecule has 0 saturated carbocycles. The van der Waals surface area contributed by atoms with Gasteiger partial charge in [-0.15, -0.1) is 0 Å². The van der Waals surface area contributed by atoms with Crippen LogP contribution in [0.1, 0.15) is 25.7 Å². The van der Waals surface area contributed by atoms with Crippen LogP contribution >= 0.6 is 0 Å². The van der Waals surface area contributed by atoms with Gasteiger partial charge in [0.1, 0.15) is 0 Å². The smallest absolute Gasteiger partial charge is 0.244 e. The SMILES string of the molecule is NC1CCCCCN1S(=O)(=O)c1ccc(F)c(F)c1. The van der Waals surface area contributed by atoms with E-state index in [1.54, 1.807) is 0 Å². The third-order valence-electron chi connectivity index (χ3n) is 3.25. The second-order valence-electron chi connectivity index (χ2n) is 4.61. The standard InChI is InChI=1S/C12H16F2N2O2S/c13-10-6-5-9(8-11(10)14)19(17,18)16-7-3-1-2-4-12(16)15/h5-6,8,12H,1-4,7,15H2. The van der Waals surface area contributed by atoms with Crippen LogP contribution in [0.5, 0.6) is 0 Å². The fourth-order valence-electron chi connectivity index (χ4n) is 2.18. The van der Waals surface area contributed by atoms with Crippen molar-refractivity contribution in [3.63, 3.8) is 0 Å². The van der Waals surface area contributed by atoms with Crippen LogP contribution in [0, 0.1) is 11.6 Å². The lowest BCUT2D eigenvalue weighted by molar-refractivity contribution is 0.329. The van der Waals surface area contributed by atoms with Gasteiger partial charge in [0.2, 0.25) is 10.0 Å². The Balaban J connectivity index is 2.37. The Kier molecular flexibility index (Phi) is 4.17. The molecule has 1 atom stereocenters. The minimum atomic E-state index is -3.87. The van der Waals surface area contributed by atoms with Crippen molar-refractivity contribution in [3.8, 4) is 0 Å². The zero-order valence-electron chi connectivity index (χ0n) is 10.4. The summed E-state index contributed by atoms with van der Waals surface area (Å²) in [5.74, 6) is -2.25. The summed E-state index contributed by atoms with van der Waals surface area (Å²) in [5, 5.41) is 0. The topological polar surface area (TPSA) is 63.4 Å². The molecule has 1 heterocycles. The van der Waals surface area contributed by atoms with Crippen LogP contribution in [0.15, 0.2) is 23.1 Å². The van der Waals surface area contributed by atoms with E-state index in [9.17, 15) is 17.2 Å². The summed E-state index contributed by atoms with van der Waals surface area (Å²) in [6, 6.07) is 2.57. The lowest BCUT2D eigenvalue weighted by atomic mass is 10.2. The van der Waals surface area contributed by atoms with Crippen molar-refractivity contribution >= 4 is 10.0 Å². The maximum atomic E-state index is 13.2. The Morgan fingerprint density at radius 2 is 1.89 bits per heavy atom. The van der Waals surface area contributed by atoms with Crippen molar-refractivity contribution in [3.05, 3.63) is 29.8 Å². The average molecular weight is 290 g/mol. The van der Waals surface area contributed by atoms with Crippen LogP contribution in [0.2, 0.25) is 0 Å². The van der Waals surface area contributed by atoms with E-state index in [1.165, 1.54) is 4.31 Å². The minimum Gasteiger partial charge on any atom is -0.315 e. The molecule has 2 N–H and O–H groups in total. The van der Waals surface area contributed by atoms with Gasteiger partial charge in [-0.1, -0.05) is 12.8 Å². The van der Waals surface area contributed by atoms with Gasteiger partial charge in [-0.2, -0.15) is 4.31 Å². The maximum absolute atomic E-state index is 13.2. The van der Waals surface area contributed by atoms with Crippen LogP contribution in [-0.2, 0) is 10.0 Å². The first-order valence-corrected chi connectivity index (χ1v) is 7.59. The molecule has 0 radical (unpaired) electrons. The summed E-state index contributed by atoms with van der Waals surface area (Å²) in [4.78, 5) is -0.260. The molecular formula is C12H16F2N2O2S. The summed E-state index contributed by atoms with van der Waals surface area (Å²) >= 11 is 0. The van der Waals surface area contributed by atoms with Gasteiger partial charge in [0, 0.05) is 6.54 Å². The van der Waals surface area contributed by atoms with Crippen LogP contribution in [0.4, 0.5) is 8.78 Å². The van der Waals surface area contributed by atoms with Crippen molar-refractivity contribution < 1.29 is 17.2 Å². The molecule has 1 aromatic carbocycles. The van der Waals surface area contributed by atoms with Crippen LogP contribution in [-0.4, -0.2) is 25.4 Å². The average Bonchev–Trinajstić information content (AvgIpc) is 2.57. The second-order valence-corrected chi connectivity index (χ2v) is 6.50. The number of sulfonamides is 1. The summed E-state index contributed by atoms with van der Waals surface area (Å²) in [7, 11) is -3.87. The normalized spacial score (nSPS) is 22.2. The Morgan fingerprint density at radius 3 is 2.58 bits per heavy atom. The van der Waals surface area contributed by atoms with E-state index in [2.05, 4.69) is 0 Å². The van der Waals surface area contributed by atoms with Crippen LogP contribution < -0.4 is 5.73 Å². The van der Waals surface area contributed by atoms with E-state index in [1.807, 2.05) is 0 Å². The molecule has 2 rings (SSSR count). The highest BCUT2D eigenvalue weighted by Crippen LogP contribution is 2.23. The van der Waals surface area contributed by atoms with Gasteiger partial charge in [-0.3, -0.25) is 0 Å². The number of benzene rings is 1. The molecule has 4 nitrogen and oxygen atoms in total. The van der Waals surface area contributed by atoms with E-state index in [0.29, 0.717) is 19.0 Å². The molecule has 19 heavy (non-hydrogen) atoms. The predicted octanol–water partition coefficient (Wildman–Crippen LogP) is 1.81. The Morgan fingerprint density at radius 1 is 1.16 bits per heavy atom. The molecule has 106 valence electrons. The highest BCUT2D eigenvalue weighted by molar-refractivity contribution is 7.89. The molecule has 1 unspecified atom stereocenters. The molecule has 1 aliphatic rings. The van der Waals surface area contributed by atoms with Crippen molar-refractivity contribution in [2.45, 2.75) is 36.7 Å². The Hall–Kier alpha value is -1.05. The summed E-state index contributed by atoms with van der Waals surface area (Å²) in [6.45, 7) is 0.308. The molecule has 0 aliphatic carbocycles. The van der Waals surface area contributed by atoms with E-state index in [4.69, 9.17) is 5.73 Å². The summed E-state index contributed by atoms with van der Waals surface area (Å²) in [6.07, 6.45) is 2.46. The first kappa shape index (κ1) is 14.4. The Bertz CT molecular complexity index is 563. The molecule has 1 aromatic rings. The van der Waals surface area contributed by atoms with E-state index in [0.717, 1.165) is 31.4 Å². The number of rotatable bonds is 2. The van der Waals surface area contributed by atoms with Gasteiger partial charge in [-0.05, 0) is 31.0 Å². The zero-order chi connectivity index (χ0) is 14.0. The minimum absolute atomic E-state index is 0.260. The molecule has 0 amide bonds. The first-order valence-electron chi connectivity index (χ1n) is 6.15. The van der Waals surface area contributed by atoms with Gasteiger partial charge in [-0.25, -0.2) is 17.2 Å². The van der Waals surface area contributed by atoms with Gasteiger partial charge >= 0.3 is 0 Å². The number of nitrogens with zero attached hydrogens (tertiary/aromatic N) is 1. The molecule has 0 spiro atoms. The van der Waals surface area contributed by atoms with Crippen molar-refractivity contribution in [1.29, 1.82) is 0 Å². The second kappa shape index (κ2) is 5.52. The third kappa shape index (κ3) is 2.93. The van der Waals surface area contributed by atoms with E-state index < -0.39 is 27.8 Å². The fourth-order valence-corrected chi connectivity index (χ4v) is 3.77. The number of nitrogens with two attached hydrogens (primary N) is 1. The van der Waals surface area contributed by atoms with Gasteiger partial charge < -0.3 is 5.73 Å². The highest BCUT2D eigenvalue weighted by atomic mass is 32.2. The molecule has 1 fully saturated rings. The molecule has 0 bridgehead atoms. The molecule has 7 heteroatoms. The first-order chi connectivity index (χ1) is 8.93. The van der Waals surface area contributed by atoms with E-state index in [-0.39, 0.29) is 4.90 Å². The van der Waals surface area contributed by atoms with Crippen LogP contribution in [0.25, 0.3) is 0 Å². The molecule has 1 saturated heterocycles. The van der Waals surface area contributed by atoms with Crippen molar-refractivity contribution in [2.24, 2.45) is 5.73 Å². The van der Waals surface area contributed by atoms with Gasteiger partial charge in [0.15, 0.2) is 11.6 Å². The largest absolute Gasteiger partial charge is 0.315 e. The molecule has 0 aromatic heterocycles. The van der Waals surface area contributed by atoms with Gasteiger partial charge in [0.05, 0.1) is 11.1 Å². The fraction of sp³-hybridized carbons (Fsp3) is 0.500.